The van der Waals surface area contributed by atoms with Crippen LogP contribution in [0.5, 0.6) is 0 Å². The zero-order valence-electron chi connectivity index (χ0n) is 22.7. The van der Waals surface area contributed by atoms with E-state index < -0.39 is 38.4 Å². The van der Waals surface area contributed by atoms with Crippen molar-refractivity contribution in [2.45, 2.75) is 50.3 Å². The van der Waals surface area contributed by atoms with Gasteiger partial charge in [0.25, 0.3) is 13.9 Å². The molecule has 1 aliphatic rings. The number of aromatic amines is 1. The Labute approximate surface area is 232 Å². The number of hydrogen-bond donors (Lipinski definition) is 4. The number of hydrogen-bond acceptors (Lipinski definition) is 9. The van der Waals surface area contributed by atoms with Crippen LogP contribution in [0.1, 0.15) is 27.0 Å². The van der Waals surface area contributed by atoms with Crippen molar-refractivity contribution in [2.24, 2.45) is 0 Å². The van der Waals surface area contributed by atoms with E-state index in [0.29, 0.717) is 0 Å². The molecule has 0 spiro atoms. The van der Waals surface area contributed by atoms with Crippen LogP contribution in [0.4, 0.5) is 5.95 Å². The lowest BCUT2D eigenvalue weighted by molar-refractivity contribution is -0.0756. The standard InChI is InChI=1S/C28H35N5O6Si/c1-28(2,3)40(18-10-6-4-7-11-18,19-12-8-5-9-13-19)38-16-20-22(35)23(37-15-14-34)26(39-20)33-17-30-21-24(33)31-27(29)32-25(21)36/h4-13,17,20,22-23,26,34-35H,14-16H2,1-3H3,(H3,29,31,32,36)/t20-,22-,23-,26-/m1/s1. The van der Waals surface area contributed by atoms with E-state index in [9.17, 15) is 15.0 Å². The summed E-state index contributed by atoms with van der Waals surface area (Å²) in [5.74, 6) is -0.0720. The summed E-state index contributed by atoms with van der Waals surface area (Å²) < 4.78 is 20.7. The molecule has 5 rings (SSSR count). The van der Waals surface area contributed by atoms with E-state index >= 15 is 0 Å². The summed E-state index contributed by atoms with van der Waals surface area (Å²) >= 11 is 0. The second-order valence-electron chi connectivity index (χ2n) is 10.9. The predicted molar refractivity (Wildman–Crippen MR) is 153 cm³/mol. The van der Waals surface area contributed by atoms with Crippen LogP contribution in [0.2, 0.25) is 5.04 Å². The van der Waals surface area contributed by atoms with Crippen molar-refractivity contribution in [1.29, 1.82) is 0 Å². The number of nitrogens with two attached hydrogens (primary N) is 1. The van der Waals surface area contributed by atoms with Gasteiger partial charge in [0, 0.05) is 0 Å². The summed E-state index contributed by atoms with van der Waals surface area (Å²) in [6, 6.07) is 20.4. The quantitative estimate of drug-likeness (QED) is 0.217. The molecule has 11 nitrogen and oxygen atoms in total. The fourth-order valence-electron chi connectivity index (χ4n) is 5.55. The maximum absolute atomic E-state index is 12.4. The maximum atomic E-state index is 12.4. The lowest BCUT2D eigenvalue weighted by Crippen LogP contribution is -2.67. The monoisotopic (exact) mass is 565 g/mol. The van der Waals surface area contributed by atoms with Gasteiger partial charge in [-0.25, -0.2) is 4.98 Å². The number of aliphatic hydroxyl groups is 2. The van der Waals surface area contributed by atoms with Crippen LogP contribution in [-0.2, 0) is 13.9 Å². The summed E-state index contributed by atoms with van der Waals surface area (Å²) in [7, 11) is -2.91. The van der Waals surface area contributed by atoms with Crippen LogP contribution < -0.4 is 21.7 Å². The number of nitrogens with zero attached hydrogens (tertiary/aromatic N) is 3. The van der Waals surface area contributed by atoms with Gasteiger partial charge in [-0.3, -0.25) is 14.3 Å². The van der Waals surface area contributed by atoms with Gasteiger partial charge in [-0.2, -0.15) is 4.98 Å². The molecule has 2 aromatic heterocycles. The molecular formula is C28H35N5O6Si. The van der Waals surface area contributed by atoms with Crippen LogP contribution in [0, 0.1) is 0 Å². The molecule has 1 saturated heterocycles. The largest absolute Gasteiger partial charge is 0.405 e. The van der Waals surface area contributed by atoms with E-state index in [1.165, 1.54) is 10.9 Å². The Morgan fingerprint density at radius 2 is 1.73 bits per heavy atom. The number of anilines is 1. The summed E-state index contributed by atoms with van der Waals surface area (Å²) in [5, 5.41) is 22.8. The van der Waals surface area contributed by atoms with Gasteiger partial charge >= 0.3 is 0 Å². The molecule has 0 bridgehead atoms. The molecule has 1 aliphatic heterocycles. The highest BCUT2D eigenvalue weighted by molar-refractivity contribution is 6.99. The minimum absolute atomic E-state index is 0.0212. The fraction of sp³-hybridized carbons (Fsp3) is 0.393. The molecule has 40 heavy (non-hydrogen) atoms. The molecular weight excluding hydrogens is 530 g/mol. The predicted octanol–water partition coefficient (Wildman–Crippen LogP) is 0.914. The fourth-order valence-corrected chi connectivity index (χ4v) is 10.1. The molecule has 4 atom stereocenters. The van der Waals surface area contributed by atoms with Gasteiger partial charge in [-0.15, -0.1) is 0 Å². The zero-order chi connectivity index (χ0) is 28.5. The second-order valence-corrected chi connectivity index (χ2v) is 15.2. The Balaban J connectivity index is 1.52. The van der Waals surface area contributed by atoms with E-state index in [-0.39, 0.29) is 42.0 Å². The molecule has 4 aromatic rings. The third-order valence-corrected chi connectivity index (χ3v) is 12.3. The van der Waals surface area contributed by atoms with Crippen molar-refractivity contribution in [2.75, 3.05) is 25.6 Å². The van der Waals surface area contributed by atoms with E-state index in [2.05, 4.69) is 60.0 Å². The van der Waals surface area contributed by atoms with Gasteiger partial charge in [-0.05, 0) is 15.4 Å². The molecule has 0 radical (unpaired) electrons. The van der Waals surface area contributed by atoms with Gasteiger partial charge in [0.1, 0.15) is 18.3 Å². The summed E-state index contributed by atoms with van der Waals surface area (Å²) in [6.07, 6.45) is -2.27. The lowest BCUT2D eigenvalue weighted by atomic mass is 10.1. The van der Waals surface area contributed by atoms with Crippen LogP contribution in [0.25, 0.3) is 11.2 Å². The number of aliphatic hydroxyl groups excluding tert-OH is 2. The van der Waals surface area contributed by atoms with Crippen LogP contribution in [-0.4, -0.2) is 76.2 Å². The van der Waals surface area contributed by atoms with Crippen molar-refractivity contribution in [1.82, 2.24) is 19.5 Å². The van der Waals surface area contributed by atoms with Gasteiger partial charge in [0.05, 0.1) is 26.1 Å². The average Bonchev–Trinajstić information content (AvgIpc) is 3.49. The first-order valence-corrected chi connectivity index (χ1v) is 15.1. The Morgan fingerprint density at radius 3 is 2.30 bits per heavy atom. The van der Waals surface area contributed by atoms with E-state index in [1.807, 2.05) is 36.4 Å². The van der Waals surface area contributed by atoms with Crippen LogP contribution in [0.3, 0.4) is 0 Å². The first-order chi connectivity index (χ1) is 19.2. The molecule has 3 heterocycles. The number of fused-ring (bicyclic) bond motifs is 1. The number of nitrogens with one attached hydrogen (secondary N) is 1. The van der Waals surface area contributed by atoms with Gasteiger partial charge in [-0.1, -0.05) is 81.4 Å². The average molecular weight is 566 g/mol. The highest BCUT2D eigenvalue weighted by Crippen LogP contribution is 2.39. The molecule has 0 saturated carbocycles. The first-order valence-electron chi connectivity index (χ1n) is 13.2. The Hall–Kier alpha value is -3.39. The van der Waals surface area contributed by atoms with Gasteiger partial charge in [0.2, 0.25) is 5.95 Å². The molecule has 1 fully saturated rings. The minimum atomic E-state index is -2.91. The summed E-state index contributed by atoms with van der Waals surface area (Å²) in [4.78, 5) is 23.2. The molecule has 0 aliphatic carbocycles. The highest BCUT2D eigenvalue weighted by Gasteiger charge is 2.52. The normalized spacial score (nSPS) is 21.7. The third-order valence-electron chi connectivity index (χ3n) is 7.32. The highest BCUT2D eigenvalue weighted by atomic mass is 28.4. The van der Waals surface area contributed by atoms with Crippen LogP contribution >= 0.6 is 0 Å². The second kappa shape index (κ2) is 11.2. The Bertz CT molecular complexity index is 1450. The van der Waals surface area contributed by atoms with Crippen molar-refractivity contribution >= 4 is 35.8 Å². The first kappa shape index (κ1) is 28.1. The summed E-state index contributed by atoms with van der Waals surface area (Å²) in [6.45, 7) is 6.33. The molecule has 5 N–H and O–H groups in total. The van der Waals surface area contributed by atoms with Crippen LogP contribution in [0.15, 0.2) is 71.8 Å². The van der Waals surface area contributed by atoms with E-state index in [4.69, 9.17) is 19.6 Å². The number of benzene rings is 2. The van der Waals surface area contributed by atoms with Crippen molar-refractivity contribution in [3.05, 3.63) is 77.3 Å². The minimum Gasteiger partial charge on any atom is -0.405 e. The topological polar surface area (TPSA) is 158 Å². The van der Waals surface area contributed by atoms with E-state index in [1.54, 1.807) is 0 Å². The molecule has 2 aromatic carbocycles. The molecule has 0 unspecified atom stereocenters. The third kappa shape index (κ3) is 4.98. The number of nitrogen functional groups attached to an aromatic ring is 1. The number of rotatable bonds is 9. The van der Waals surface area contributed by atoms with Gasteiger partial charge < -0.3 is 29.8 Å². The zero-order valence-corrected chi connectivity index (χ0v) is 23.7. The SMILES string of the molecule is CC(C)(C)[Si](OC[C@H]1O[C@@H](n2cnc3c(=O)[nH]c(N)nc32)[C@H](OCCO)[C@@H]1O)(c1ccccc1)c1ccccc1. The Morgan fingerprint density at radius 1 is 1.10 bits per heavy atom. The molecule has 12 heteroatoms. The number of H-pyrrole nitrogens is 1. The molecule has 0 amide bonds. The van der Waals surface area contributed by atoms with Crippen molar-refractivity contribution in [3.63, 3.8) is 0 Å². The number of aromatic nitrogens is 4. The number of ether oxygens (including phenoxy) is 2. The van der Waals surface area contributed by atoms with Crippen molar-refractivity contribution in [3.8, 4) is 0 Å². The smallest absolute Gasteiger partial charge is 0.280 e. The summed E-state index contributed by atoms with van der Waals surface area (Å²) in [5.41, 5.74) is 5.59. The lowest BCUT2D eigenvalue weighted by Gasteiger charge is -2.43. The molecule has 212 valence electrons. The number of imidazole rings is 1. The van der Waals surface area contributed by atoms with Gasteiger partial charge in [0.15, 0.2) is 17.4 Å². The van der Waals surface area contributed by atoms with Crippen molar-refractivity contribution < 1.29 is 24.1 Å². The van der Waals surface area contributed by atoms with E-state index in [0.717, 1.165) is 10.4 Å². The maximum Gasteiger partial charge on any atom is 0.280 e. The Kier molecular flexibility index (Phi) is 7.91.